The first-order chi connectivity index (χ1) is 12.7. The standard InChI is InChI=1S/C17H28N8O/c1-15(7-12-24-11-6-8-18-24)19-17(26)14-25-16(20-21-22-25)13-23-9-4-2-3-5-10-23/h6,8,11,15H,2-5,7,9-10,12-14H2,1H3,(H,19,26). The van der Waals surface area contributed by atoms with Crippen molar-refractivity contribution in [1.29, 1.82) is 0 Å². The normalized spacial score (nSPS) is 17.0. The van der Waals surface area contributed by atoms with E-state index in [1.54, 1.807) is 10.9 Å². The Morgan fingerprint density at radius 3 is 2.81 bits per heavy atom. The zero-order chi connectivity index (χ0) is 18.2. The van der Waals surface area contributed by atoms with Crippen molar-refractivity contribution in [2.75, 3.05) is 13.1 Å². The van der Waals surface area contributed by atoms with Gasteiger partial charge in [-0.25, -0.2) is 4.68 Å². The molecule has 1 fully saturated rings. The fourth-order valence-corrected chi connectivity index (χ4v) is 3.24. The monoisotopic (exact) mass is 360 g/mol. The highest BCUT2D eigenvalue weighted by molar-refractivity contribution is 5.75. The number of amides is 1. The van der Waals surface area contributed by atoms with Crippen molar-refractivity contribution >= 4 is 5.91 Å². The third-order valence-electron chi connectivity index (χ3n) is 4.72. The van der Waals surface area contributed by atoms with E-state index in [2.05, 4.69) is 30.8 Å². The number of aromatic nitrogens is 6. The topological polar surface area (TPSA) is 93.8 Å². The van der Waals surface area contributed by atoms with Gasteiger partial charge >= 0.3 is 0 Å². The summed E-state index contributed by atoms with van der Waals surface area (Å²) in [5.41, 5.74) is 0. The number of carbonyl (C=O) groups is 1. The van der Waals surface area contributed by atoms with Gasteiger partial charge in [0.1, 0.15) is 6.54 Å². The third-order valence-corrected chi connectivity index (χ3v) is 4.72. The van der Waals surface area contributed by atoms with E-state index < -0.39 is 0 Å². The molecule has 142 valence electrons. The van der Waals surface area contributed by atoms with Crippen molar-refractivity contribution in [3.63, 3.8) is 0 Å². The molecular formula is C17H28N8O. The largest absolute Gasteiger partial charge is 0.352 e. The summed E-state index contributed by atoms with van der Waals surface area (Å²) in [5, 5.41) is 19.0. The minimum Gasteiger partial charge on any atom is -0.352 e. The van der Waals surface area contributed by atoms with Gasteiger partial charge in [-0.1, -0.05) is 12.8 Å². The van der Waals surface area contributed by atoms with Gasteiger partial charge in [0.05, 0.1) is 6.54 Å². The Balaban J connectivity index is 1.45. The Bertz CT molecular complexity index is 660. The van der Waals surface area contributed by atoms with E-state index in [1.807, 2.05) is 23.9 Å². The number of likely N-dealkylation sites (tertiary alicyclic amines) is 1. The average molecular weight is 360 g/mol. The lowest BCUT2D eigenvalue weighted by atomic mass is 10.2. The van der Waals surface area contributed by atoms with Crippen LogP contribution in [-0.2, 0) is 24.4 Å². The average Bonchev–Trinajstić information content (AvgIpc) is 3.21. The molecule has 1 aliphatic heterocycles. The van der Waals surface area contributed by atoms with E-state index in [0.717, 1.165) is 31.9 Å². The summed E-state index contributed by atoms with van der Waals surface area (Å²) in [6.45, 7) is 5.78. The molecule has 0 aromatic carbocycles. The maximum Gasteiger partial charge on any atom is 0.242 e. The fourth-order valence-electron chi connectivity index (χ4n) is 3.24. The molecule has 3 rings (SSSR count). The number of hydrogen-bond acceptors (Lipinski definition) is 6. The molecule has 1 atom stereocenters. The minimum atomic E-state index is -0.0672. The molecular weight excluding hydrogens is 332 g/mol. The summed E-state index contributed by atoms with van der Waals surface area (Å²) in [7, 11) is 0. The van der Waals surface area contributed by atoms with Crippen LogP contribution in [0.3, 0.4) is 0 Å². The lowest BCUT2D eigenvalue weighted by Crippen LogP contribution is -2.36. The van der Waals surface area contributed by atoms with Crippen LogP contribution in [0.5, 0.6) is 0 Å². The Labute approximate surface area is 153 Å². The van der Waals surface area contributed by atoms with E-state index in [9.17, 15) is 4.79 Å². The van der Waals surface area contributed by atoms with Gasteiger partial charge in [-0.05, 0) is 55.8 Å². The highest BCUT2D eigenvalue weighted by Gasteiger charge is 2.16. The summed E-state index contributed by atoms with van der Waals surface area (Å²) in [6.07, 6.45) is 9.52. The van der Waals surface area contributed by atoms with Crippen molar-refractivity contribution in [1.82, 2.24) is 40.2 Å². The van der Waals surface area contributed by atoms with Gasteiger partial charge in [0, 0.05) is 25.0 Å². The molecule has 9 nitrogen and oxygen atoms in total. The van der Waals surface area contributed by atoms with Crippen LogP contribution in [0.4, 0.5) is 0 Å². The highest BCUT2D eigenvalue weighted by Crippen LogP contribution is 2.11. The SMILES string of the molecule is CC(CCn1cccn1)NC(=O)Cn1nnnc1CN1CCCCCC1. The summed E-state index contributed by atoms with van der Waals surface area (Å²) in [6, 6.07) is 1.96. The first-order valence-corrected chi connectivity index (χ1v) is 9.45. The van der Waals surface area contributed by atoms with Gasteiger partial charge in [-0.3, -0.25) is 14.4 Å². The lowest BCUT2D eigenvalue weighted by molar-refractivity contribution is -0.122. The van der Waals surface area contributed by atoms with Crippen molar-refractivity contribution in [2.45, 2.75) is 64.7 Å². The number of nitrogens with zero attached hydrogens (tertiary/aromatic N) is 7. The van der Waals surface area contributed by atoms with Crippen LogP contribution in [0.2, 0.25) is 0 Å². The predicted octanol–water partition coefficient (Wildman–Crippen LogP) is 0.841. The smallest absolute Gasteiger partial charge is 0.242 e. The third kappa shape index (κ3) is 5.62. The number of hydrogen-bond donors (Lipinski definition) is 1. The molecule has 0 spiro atoms. The Hall–Kier alpha value is -2.29. The van der Waals surface area contributed by atoms with E-state index in [-0.39, 0.29) is 18.5 Å². The first kappa shape index (κ1) is 18.5. The molecule has 9 heteroatoms. The van der Waals surface area contributed by atoms with Crippen molar-refractivity contribution in [3.05, 3.63) is 24.3 Å². The second-order valence-corrected chi connectivity index (χ2v) is 6.97. The second kappa shape index (κ2) is 9.42. The molecule has 0 aliphatic carbocycles. The Morgan fingerprint density at radius 2 is 2.08 bits per heavy atom. The quantitative estimate of drug-likeness (QED) is 0.750. The van der Waals surface area contributed by atoms with Crippen LogP contribution in [0.15, 0.2) is 18.5 Å². The van der Waals surface area contributed by atoms with Gasteiger partial charge in [0.2, 0.25) is 5.91 Å². The number of carbonyl (C=O) groups excluding carboxylic acids is 1. The van der Waals surface area contributed by atoms with E-state index >= 15 is 0 Å². The van der Waals surface area contributed by atoms with Crippen LogP contribution in [0.25, 0.3) is 0 Å². The zero-order valence-corrected chi connectivity index (χ0v) is 15.4. The van der Waals surface area contributed by atoms with Crippen LogP contribution < -0.4 is 5.32 Å². The second-order valence-electron chi connectivity index (χ2n) is 6.97. The molecule has 26 heavy (non-hydrogen) atoms. The summed E-state index contributed by atoms with van der Waals surface area (Å²) in [4.78, 5) is 14.7. The molecule has 2 aromatic heterocycles. The maximum atomic E-state index is 12.3. The summed E-state index contributed by atoms with van der Waals surface area (Å²) in [5.74, 6) is 0.689. The predicted molar refractivity (Wildman–Crippen MR) is 96.0 cm³/mol. The first-order valence-electron chi connectivity index (χ1n) is 9.45. The maximum absolute atomic E-state index is 12.3. The van der Waals surface area contributed by atoms with Crippen molar-refractivity contribution in [2.24, 2.45) is 0 Å². The molecule has 0 bridgehead atoms. The van der Waals surface area contributed by atoms with Crippen LogP contribution in [0, 0.1) is 0 Å². The van der Waals surface area contributed by atoms with Crippen LogP contribution in [-0.4, -0.2) is 59.9 Å². The zero-order valence-electron chi connectivity index (χ0n) is 15.4. The molecule has 1 amide bonds. The number of tetrazole rings is 1. The Kier molecular flexibility index (Phi) is 6.70. The van der Waals surface area contributed by atoms with Crippen molar-refractivity contribution < 1.29 is 4.79 Å². The molecule has 3 heterocycles. The number of nitrogens with one attached hydrogen (secondary N) is 1. The summed E-state index contributed by atoms with van der Waals surface area (Å²) < 4.78 is 3.48. The minimum absolute atomic E-state index is 0.0669. The fraction of sp³-hybridized carbons (Fsp3) is 0.706. The molecule has 0 saturated carbocycles. The number of aryl methyl sites for hydroxylation is 1. The van der Waals surface area contributed by atoms with E-state index in [0.29, 0.717) is 6.54 Å². The molecule has 2 aromatic rings. The summed E-state index contributed by atoms with van der Waals surface area (Å²) >= 11 is 0. The van der Waals surface area contributed by atoms with Gasteiger partial charge in [0.25, 0.3) is 0 Å². The molecule has 1 N–H and O–H groups in total. The van der Waals surface area contributed by atoms with E-state index in [1.165, 1.54) is 25.7 Å². The Morgan fingerprint density at radius 1 is 1.27 bits per heavy atom. The molecule has 0 radical (unpaired) electrons. The number of rotatable bonds is 8. The van der Waals surface area contributed by atoms with Crippen LogP contribution in [0.1, 0.15) is 44.9 Å². The van der Waals surface area contributed by atoms with Crippen molar-refractivity contribution in [3.8, 4) is 0 Å². The van der Waals surface area contributed by atoms with Crippen LogP contribution >= 0.6 is 0 Å². The van der Waals surface area contributed by atoms with Gasteiger partial charge < -0.3 is 5.32 Å². The van der Waals surface area contributed by atoms with E-state index in [4.69, 9.17) is 0 Å². The highest BCUT2D eigenvalue weighted by atomic mass is 16.2. The van der Waals surface area contributed by atoms with Gasteiger partial charge in [-0.2, -0.15) is 5.10 Å². The van der Waals surface area contributed by atoms with Gasteiger partial charge in [0.15, 0.2) is 5.82 Å². The van der Waals surface area contributed by atoms with Gasteiger partial charge in [-0.15, -0.1) is 5.10 Å². The molecule has 1 unspecified atom stereocenters. The lowest BCUT2D eigenvalue weighted by Gasteiger charge is -2.19. The molecule has 1 saturated heterocycles. The molecule has 1 aliphatic rings.